The predicted octanol–water partition coefficient (Wildman–Crippen LogP) is 1.68. The van der Waals surface area contributed by atoms with Gasteiger partial charge in [-0.25, -0.2) is 0 Å². The largest absolute Gasteiger partial charge is 0.573 e. The van der Waals surface area contributed by atoms with Crippen LogP contribution in [0.4, 0.5) is 24.5 Å². The Kier molecular flexibility index (Phi) is 6.78. The monoisotopic (exact) mass is 382 g/mol. The normalized spacial score (nSPS) is 12.1. The van der Waals surface area contributed by atoms with E-state index in [9.17, 15) is 22.8 Å². The molecule has 3 N–H and O–H groups in total. The minimum absolute atomic E-state index is 0.0169. The van der Waals surface area contributed by atoms with Crippen molar-refractivity contribution in [3.05, 3.63) is 54.6 Å². The number of ether oxygens (including phenoxy) is 1. The highest BCUT2D eigenvalue weighted by Gasteiger charge is 2.31. The van der Waals surface area contributed by atoms with Crippen LogP contribution in [-0.2, 0) is 9.59 Å². The number of rotatable bonds is 7. The van der Waals surface area contributed by atoms with Gasteiger partial charge in [-0.15, -0.1) is 13.2 Å². The molecule has 0 radical (unpaired) electrons. The first kappa shape index (κ1) is 20.2. The lowest BCUT2D eigenvalue weighted by Crippen LogP contribution is -3.11. The number of halogens is 3. The zero-order valence-corrected chi connectivity index (χ0v) is 14.5. The van der Waals surface area contributed by atoms with E-state index >= 15 is 0 Å². The number of alkyl halides is 3. The van der Waals surface area contributed by atoms with Crippen LogP contribution in [0.15, 0.2) is 54.6 Å². The van der Waals surface area contributed by atoms with Crippen molar-refractivity contribution in [2.45, 2.75) is 6.36 Å². The van der Waals surface area contributed by atoms with E-state index in [2.05, 4.69) is 15.4 Å². The summed E-state index contributed by atoms with van der Waals surface area (Å²) in [4.78, 5) is 24.6. The molecule has 2 amide bonds. The second-order valence-electron chi connectivity index (χ2n) is 5.85. The fourth-order valence-corrected chi connectivity index (χ4v) is 2.28. The third-order valence-electron chi connectivity index (χ3n) is 3.35. The lowest BCUT2D eigenvalue weighted by Gasteiger charge is -2.14. The van der Waals surface area contributed by atoms with Crippen LogP contribution in [0.25, 0.3) is 0 Å². The van der Waals surface area contributed by atoms with Crippen molar-refractivity contribution < 1.29 is 32.4 Å². The Balaban J connectivity index is 1.78. The van der Waals surface area contributed by atoms with Crippen LogP contribution < -0.4 is 20.3 Å². The Hall–Kier alpha value is -3.07. The van der Waals surface area contributed by atoms with Crippen molar-refractivity contribution in [1.82, 2.24) is 0 Å². The molecule has 0 bridgehead atoms. The number of amides is 2. The van der Waals surface area contributed by atoms with E-state index in [1.54, 1.807) is 31.3 Å². The molecule has 0 fully saturated rings. The van der Waals surface area contributed by atoms with E-state index in [1.165, 1.54) is 12.1 Å². The number of carbonyl (C=O) groups excluding carboxylic acids is 2. The Morgan fingerprint density at radius 2 is 1.37 bits per heavy atom. The molecule has 0 aliphatic heterocycles. The molecule has 0 aromatic heterocycles. The molecule has 0 aliphatic rings. The van der Waals surface area contributed by atoms with Gasteiger partial charge in [-0.05, 0) is 36.4 Å². The van der Waals surface area contributed by atoms with Crippen LogP contribution in [0, 0.1) is 0 Å². The Morgan fingerprint density at radius 1 is 0.889 bits per heavy atom. The van der Waals surface area contributed by atoms with E-state index in [0.29, 0.717) is 16.3 Å². The van der Waals surface area contributed by atoms with Crippen molar-refractivity contribution in [3.8, 4) is 5.75 Å². The molecule has 144 valence electrons. The minimum Gasteiger partial charge on any atom is -0.406 e. The molecule has 2 aromatic rings. The number of hydrogen-bond donors (Lipinski definition) is 3. The van der Waals surface area contributed by atoms with E-state index in [1.807, 2.05) is 6.07 Å². The average molecular weight is 382 g/mol. The predicted molar refractivity (Wildman–Crippen MR) is 93.4 cm³/mol. The van der Waals surface area contributed by atoms with Gasteiger partial charge in [0.1, 0.15) is 5.75 Å². The van der Waals surface area contributed by atoms with Crippen LogP contribution in [0.1, 0.15) is 0 Å². The van der Waals surface area contributed by atoms with Gasteiger partial charge in [0.2, 0.25) is 0 Å². The quantitative estimate of drug-likeness (QED) is 0.682. The summed E-state index contributed by atoms with van der Waals surface area (Å²) in [5.74, 6) is -0.981. The van der Waals surface area contributed by atoms with E-state index in [-0.39, 0.29) is 30.7 Å². The highest BCUT2D eigenvalue weighted by molar-refractivity contribution is 5.93. The summed E-state index contributed by atoms with van der Waals surface area (Å²) in [6.07, 6.45) is -4.77. The zero-order valence-electron chi connectivity index (χ0n) is 14.5. The molecule has 9 heteroatoms. The number of anilines is 2. The number of hydrogen-bond acceptors (Lipinski definition) is 3. The number of likely N-dealkylation sites (N-methyl/N-ethyl adjacent to an activating group) is 1. The van der Waals surface area contributed by atoms with Crippen LogP contribution in [0.5, 0.6) is 5.75 Å². The summed E-state index contributed by atoms with van der Waals surface area (Å²) >= 11 is 0. The number of benzene rings is 2. The summed E-state index contributed by atoms with van der Waals surface area (Å²) in [5, 5.41) is 5.28. The Bertz CT molecular complexity index is 765. The molecule has 0 saturated heterocycles. The Labute approximate surface area is 153 Å². The van der Waals surface area contributed by atoms with E-state index < -0.39 is 6.36 Å². The Morgan fingerprint density at radius 3 is 1.85 bits per heavy atom. The third-order valence-corrected chi connectivity index (χ3v) is 3.35. The van der Waals surface area contributed by atoms with Crippen molar-refractivity contribution in [2.24, 2.45) is 0 Å². The summed E-state index contributed by atoms with van der Waals surface area (Å²) in [5.41, 5.74) is 0.997. The number of carbonyl (C=O) groups is 2. The second kappa shape index (κ2) is 9.04. The molecule has 1 atom stereocenters. The van der Waals surface area contributed by atoms with Gasteiger partial charge in [0.05, 0.1) is 7.05 Å². The van der Waals surface area contributed by atoms with Crippen LogP contribution >= 0.6 is 0 Å². The van der Waals surface area contributed by atoms with Crippen molar-refractivity contribution >= 4 is 23.2 Å². The number of para-hydroxylation sites is 1. The maximum atomic E-state index is 12.1. The van der Waals surface area contributed by atoms with Crippen molar-refractivity contribution in [2.75, 3.05) is 30.8 Å². The van der Waals surface area contributed by atoms with Gasteiger partial charge in [0, 0.05) is 11.4 Å². The summed E-state index contributed by atoms with van der Waals surface area (Å²) in [6.45, 7) is 0.101. The lowest BCUT2D eigenvalue weighted by atomic mass is 10.3. The molecule has 0 heterocycles. The number of quaternary nitrogens is 1. The van der Waals surface area contributed by atoms with Gasteiger partial charge in [-0.3, -0.25) is 9.59 Å². The molecular weight excluding hydrogens is 363 g/mol. The molecule has 0 spiro atoms. The SMILES string of the molecule is C[NH+](CC(=O)Nc1ccccc1)CC(=O)Nc1ccc(OC(F)(F)F)cc1. The second-order valence-corrected chi connectivity index (χ2v) is 5.85. The van der Waals surface area contributed by atoms with Gasteiger partial charge in [-0.2, -0.15) is 0 Å². The smallest absolute Gasteiger partial charge is 0.406 e. The van der Waals surface area contributed by atoms with Gasteiger partial charge in [0.15, 0.2) is 13.1 Å². The molecule has 2 rings (SSSR count). The standard InChI is InChI=1S/C18H18F3N3O3/c1-24(11-16(25)22-13-5-3-2-4-6-13)12-17(26)23-14-7-9-15(10-8-14)27-18(19,20)21/h2-10H,11-12H2,1H3,(H,22,25)(H,23,26)/p+1. The molecule has 2 aromatic carbocycles. The fraction of sp³-hybridized carbons (Fsp3) is 0.222. The molecule has 6 nitrogen and oxygen atoms in total. The summed E-state index contributed by atoms with van der Waals surface area (Å²) in [6, 6.07) is 13.7. The molecular formula is C18H19F3N3O3+. The van der Waals surface area contributed by atoms with Crippen molar-refractivity contribution in [1.29, 1.82) is 0 Å². The topological polar surface area (TPSA) is 71.9 Å². The first-order valence-corrected chi connectivity index (χ1v) is 8.03. The maximum absolute atomic E-state index is 12.1. The van der Waals surface area contributed by atoms with Gasteiger partial charge >= 0.3 is 6.36 Å². The van der Waals surface area contributed by atoms with Gasteiger partial charge in [-0.1, -0.05) is 18.2 Å². The first-order valence-electron chi connectivity index (χ1n) is 8.03. The van der Waals surface area contributed by atoms with Crippen LogP contribution in [0.3, 0.4) is 0 Å². The number of nitrogens with one attached hydrogen (secondary N) is 3. The third kappa shape index (κ3) is 7.78. The summed E-state index contributed by atoms with van der Waals surface area (Å²) in [7, 11) is 1.68. The summed E-state index contributed by atoms with van der Waals surface area (Å²) < 4.78 is 40.1. The lowest BCUT2D eigenvalue weighted by molar-refractivity contribution is -0.862. The molecule has 0 saturated carbocycles. The van der Waals surface area contributed by atoms with E-state index in [4.69, 9.17) is 0 Å². The fourth-order valence-electron chi connectivity index (χ4n) is 2.28. The van der Waals surface area contributed by atoms with Crippen molar-refractivity contribution in [3.63, 3.8) is 0 Å². The highest BCUT2D eigenvalue weighted by atomic mass is 19.4. The van der Waals surface area contributed by atoms with Crippen LogP contribution in [-0.4, -0.2) is 38.3 Å². The molecule has 1 unspecified atom stereocenters. The average Bonchev–Trinajstić information content (AvgIpc) is 2.55. The molecule has 0 aliphatic carbocycles. The molecule has 27 heavy (non-hydrogen) atoms. The van der Waals surface area contributed by atoms with Gasteiger partial charge in [0.25, 0.3) is 11.8 Å². The van der Waals surface area contributed by atoms with Gasteiger partial charge < -0.3 is 20.3 Å². The van der Waals surface area contributed by atoms with Crippen LogP contribution in [0.2, 0.25) is 0 Å². The zero-order chi connectivity index (χ0) is 19.9. The van der Waals surface area contributed by atoms with E-state index in [0.717, 1.165) is 12.1 Å². The first-order chi connectivity index (χ1) is 12.7. The minimum atomic E-state index is -4.77. The highest BCUT2D eigenvalue weighted by Crippen LogP contribution is 2.23. The maximum Gasteiger partial charge on any atom is 0.573 e.